The summed E-state index contributed by atoms with van der Waals surface area (Å²) in [5, 5.41) is 4.76. The normalized spacial score (nSPS) is 10.7. The van der Waals surface area contributed by atoms with Gasteiger partial charge in [0, 0.05) is 17.1 Å². The average molecular weight is 406 g/mol. The number of hydrogen-bond acceptors (Lipinski definition) is 5. The second kappa shape index (κ2) is 8.41. The Bertz CT molecular complexity index is 942. The Morgan fingerprint density at radius 2 is 1.93 bits per heavy atom. The molecule has 0 spiro atoms. The van der Waals surface area contributed by atoms with Gasteiger partial charge in [0.05, 0.1) is 17.7 Å². The molecule has 0 unspecified atom stereocenters. The van der Waals surface area contributed by atoms with E-state index in [2.05, 4.69) is 10.1 Å². The van der Waals surface area contributed by atoms with E-state index >= 15 is 0 Å². The Labute approximate surface area is 166 Å². The monoisotopic (exact) mass is 405 g/mol. The van der Waals surface area contributed by atoms with Crippen molar-refractivity contribution in [3.8, 4) is 17.1 Å². The molecule has 0 saturated heterocycles. The number of aromatic nitrogens is 2. The molecule has 3 rings (SSSR count). The van der Waals surface area contributed by atoms with Gasteiger partial charge in [-0.05, 0) is 49.4 Å². The first-order chi connectivity index (χ1) is 13.0. The largest absolute Gasteiger partial charge is 0.497 e. The van der Waals surface area contributed by atoms with E-state index in [4.69, 9.17) is 32.5 Å². The third-order valence-corrected chi connectivity index (χ3v) is 4.53. The first kappa shape index (κ1) is 19.2. The average Bonchev–Trinajstić information content (AvgIpc) is 3.16. The molecule has 27 heavy (non-hydrogen) atoms. The summed E-state index contributed by atoms with van der Waals surface area (Å²) >= 11 is 12.1. The molecule has 6 nitrogen and oxygen atoms in total. The molecular weight excluding hydrogens is 389 g/mol. The van der Waals surface area contributed by atoms with Crippen LogP contribution in [0, 0.1) is 0 Å². The predicted octanol–water partition coefficient (Wildman–Crippen LogP) is 4.71. The highest BCUT2D eigenvalue weighted by Crippen LogP contribution is 2.24. The van der Waals surface area contributed by atoms with Crippen LogP contribution in [0.1, 0.15) is 23.2 Å². The van der Waals surface area contributed by atoms with Gasteiger partial charge in [0.15, 0.2) is 0 Å². The minimum absolute atomic E-state index is 0.168. The summed E-state index contributed by atoms with van der Waals surface area (Å²) in [5.41, 5.74) is 1.12. The molecule has 0 radical (unpaired) electrons. The predicted molar refractivity (Wildman–Crippen MR) is 103 cm³/mol. The minimum atomic E-state index is -0.255. The number of rotatable bonds is 6. The van der Waals surface area contributed by atoms with Crippen molar-refractivity contribution in [1.82, 2.24) is 15.0 Å². The lowest BCUT2D eigenvalue weighted by molar-refractivity contribution is 0.0734. The lowest BCUT2D eigenvalue weighted by Gasteiger charge is -2.19. The van der Waals surface area contributed by atoms with Gasteiger partial charge < -0.3 is 14.2 Å². The van der Waals surface area contributed by atoms with Gasteiger partial charge in [0.2, 0.25) is 11.7 Å². The van der Waals surface area contributed by atoms with Crippen molar-refractivity contribution < 1.29 is 14.1 Å². The van der Waals surface area contributed by atoms with Gasteiger partial charge >= 0.3 is 0 Å². The molecule has 0 aliphatic carbocycles. The number of halogens is 2. The summed E-state index contributed by atoms with van der Waals surface area (Å²) in [5.74, 6) is 1.25. The molecule has 1 amide bonds. The van der Waals surface area contributed by atoms with Crippen LogP contribution in [0.4, 0.5) is 0 Å². The van der Waals surface area contributed by atoms with Gasteiger partial charge in [-0.2, -0.15) is 4.98 Å². The summed E-state index contributed by atoms with van der Waals surface area (Å²) in [6.45, 7) is 2.47. The maximum Gasteiger partial charge on any atom is 0.255 e. The number of amides is 1. The van der Waals surface area contributed by atoms with Gasteiger partial charge in [0.25, 0.3) is 5.91 Å². The van der Waals surface area contributed by atoms with Gasteiger partial charge in [0.1, 0.15) is 12.3 Å². The highest BCUT2D eigenvalue weighted by Gasteiger charge is 2.20. The van der Waals surface area contributed by atoms with Crippen molar-refractivity contribution >= 4 is 29.1 Å². The molecular formula is C19H17Cl2N3O3. The lowest BCUT2D eigenvalue weighted by Crippen LogP contribution is -2.30. The standard InChI is InChI=1S/C19H17Cl2N3O3/c1-3-24(19(25)15-10-13(20)6-9-16(15)21)11-17-22-18(23-27-17)12-4-7-14(26-2)8-5-12/h4-10H,3,11H2,1-2H3. The number of benzene rings is 2. The number of nitrogens with zero attached hydrogens (tertiary/aromatic N) is 3. The van der Waals surface area contributed by atoms with Crippen molar-refractivity contribution in [2.45, 2.75) is 13.5 Å². The first-order valence-corrected chi connectivity index (χ1v) is 8.98. The van der Waals surface area contributed by atoms with E-state index in [9.17, 15) is 4.79 Å². The molecule has 0 bridgehead atoms. The van der Waals surface area contributed by atoms with Crippen LogP contribution in [0.25, 0.3) is 11.4 Å². The lowest BCUT2D eigenvalue weighted by atomic mass is 10.2. The summed E-state index contributed by atoms with van der Waals surface area (Å²) in [6.07, 6.45) is 0. The fourth-order valence-corrected chi connectivity index (χ4v) is 2.87. The van der Waals surface area contributed by atoms with E-state index < -0.39 is 0 Å². The number of carbonyl (C=O) groups excluding carboxylic acids is 1. The third-order valence-electron chi connectivity index (χ3n) is 3.97. The second-order valence-corrected chi connectivity index (χ2v) is 6.53. The van der Waals surface area contributed by atoms with Crippen molar-refractivity contribution in [2.24, 2.45) is 0 Å². The second-order valence-electron chi connectivity index (χ2n) is 5.68. The topological polar surface area (TPSA) is 68.5 Å². The number of methoxy groups -OCH3 is 1. The smallest absolute Gasteiger partial charge is 0.255 e. The molecule has 140 valence electrons. The van der Waals surface area contributed by atoms with Crippen molar-refractivity contribution in [1.29, 1.82) is 0 Å². The zero-order valence-electron chi connectivity index (χ0n) is 14.8. The summed E-state index contributed by atoms with van der Waals surface area (Å²) in [4.78, 5) is 18.7. The highest BCUT2D eigenvalue weighted by atomic mass is 35.5. The maximum atomic E-state index is 12.8. The molecule has 8 heteroatoms. The maximum absolute atomic E-state index is 12.8. The third kappa shape index (κ3) is 4.40. The number of carbonyl (C=O) groups is 1. The minimum Gasteiger partial charge on any atom is -0.497 e. The Kier molecular flexibility index (Phi) is 5.98. The SMILES string of the molecule is CCN(Cc1nc(-c2ccc(OC)cc2)no1)C(=O)c1cc(Cl)ccc1Cl. The molecule has 0 saturated carbocycles. The van der Waals surface area contributed by atoms with E-state index in [1.165, 1.54) is 0 Å². The molecule has 0 N–H and O–H groups in total. The van der Waals surface area contributed by atoms with Crippen LogP contribution < -0.4 is 4.74 Å². The van der Waals surface area contributed by atoms with Gasteiger partial charge in [-0.3, -0.25) is 4.79 Å². The fraction of sp³-hybridized carbons (Fsp3) is 0.211. The Balaban J connectivity index is 1.77. The summed E-state index contributed by atoms with van der Waals surface area (Å²) < 4.78 is 10.4. The van der Waals surface area contributed by atoms with E-state index in [-0.39, 0.29) is 12.5 Å². The van der Waals surface area contributed by atoms with Crippen molar-refractivity contribution in [2.75, 3.05) is 13.7 Å². The van der Waals surface area contributed by atoms with Crippen LogP contribution in [0.15, 0.2) is 47.0 Å². The van der Waals surface area contributed by atoms with E-state index in [1.807, 2.05) is 31.2 Å². The molecule has 0 fully saturated rings. The quantitative estimate of drug-likeness (QED) is 0.593. The Hall–Kier alpha value is -2.57. The molecule has 3 aromatic rings. The Morgan fingerprint density at radius 3 is 2.59 bits per heavy atom. The number of ether oxygens (including phenoxy) is 1. The van der Waals surface area contributed by atoms with Crippen molar-refractivity contribution in [3.63, 3.8) is 0 Å². The van der Waals surface area contributed by atoms with Crippen molar-refractivity contribution in [3.05, 3.63) is 64.0 Å². The molecule has 1 heterocycles. The van der Waals surface area contributed by atoms with Crippen LogP contribution in [-0.2, 0) is 6.54 Å². The van der Waals surface area contributed by atoms with Crippen LogP contribution >= 0.6 is 23.2 Å². The van der Waals surface area contributed by atoms with Crippen LogP contribution in [0.2, 0.25) is 10.0 Å². The van der Waals surface area contributed by atoms with Gasteiger partial charge in [-0.15, -0.1) is 0 Å². The zero-order valence-corrected chi connectivity index (χ0v) is 16.3. The van der Waals surface area contributed by atoms with Crippen LogP contribution in [0.5, 0.6) is 5.75 Å². The Morgan fingerprint density at radius 1 is 1.19 bits per heavy atom. The molecule has 0 aliphatic heterocycles. The molecule has 1 aromatic heterocycles. The van der Waals surface area contributed by atoms with Gasteiger partial charge in [-0.25, -0.2) is 0 Å². The van der Waals surface area contributed by atoms with Gasteiger partial charge in [-0.1, -0.05) is 28.4 Å². The highest BCUT2D eigenvalue weighted by molar-refractivity contribution is 6.35. The zero-order chi connectivity index (χ0) is 19.4. The molecule has 2 aromatic carbocycles. The first-order valence-electron chi connectivity index (χ1n) is 8.23. The fourth-order valence-electron chi connectivity index (χ4n) is 2.50. The number of hydrogen-bond donors (Lipinski definition) is 0. The van der Waals surface area contributed by atoms with E-state index in [1.54, 1.807) is 30.2 Å². The van der Waals surface area contributed by atoms with E-state index in [0.29, 0.717) is 33.9 Å². The summed E-state index contributed by atoms with van der Waals surface area (Å²) in [6, 6.07) is 12.1. The molecule has 0 atom stereocenters. The summed E-state index contributed by atoms with van der Waals surface area (Å²) in [7, 11) is 1.60. The van der Waals surface area contributed by atoms with Crippen LogP contribution in [0.3, 0.4) is 0 Å². The van der Waals surface area contributed by atoms with E-state index in [0.717, 1.165) is 11.3 Å². The molecule has 0 aliphatic rings. The van der Waals surface area contributed by atoms with Crippen LogP contribution in [-0.4, -0.2) is 34.6 Å².